The standard InChI is InChI=1S/C17H21ClN2S/c1-11-7-12(2)17(13(3)8-11)15(19-4)10-21-16-6-5-14(18)9-20-16/h5-9,15,19H,10H2,1-4H3. The number of hydrogen-bond acceptors (Lipinski definition) is 3. The summed E-state index contributed by atoms with van der Waals surface area (Å²) in [7, 11) is 2.01. The monoisotopic (exact) mass is 320 g/mol. The van der Waals surface area contributed by atoms with E-state index in [1.165, 1.54) is 22.3 Å². The first kappa shape index (κ1) is 16.3. The molecule has 2 nitrogen and oxygen atoms in total. The van der Waals surface area contributed by atoms with E-state index in [0.29, 0.717) is 11.1 Å². The van der Waals surface area contributed by atoms with Gasteiger partial charge in [-0.25, -0.2) is 4.98 Å². The Balaban J connectivity index is 2.15. The van der Waals surface area contributed by atoms with Gasteiger partial charge < -0.3 is 5.32 Å². The van der Waals surface area contributed by atoms with Crippen molar-refractivity contribution in [3.05, 3.63) is 57.7 Å². The molecule has 1 aromatic heterocycles. The van der Waals surface area contributed by atoms with Crippen molar-refractivity contribution in [3.8, 4) is 0 Å². The second kappa shape index (κ2) is 7.30. The minimum atomic E-state index is 0.313. The SMILES string of the molecule is CNC(CSc1ccc(Cl)cn1)c1c(C)cc(C)cc1C. The zero-order valence-corrected chi connectivity index (χ0v) is 14.5. The Morgan fingerprint density at radius 2 is 1.86 bits per heavy atom. The van der Waals surface area contributed by atoms with Gasteiger partial charge in [0.05, 0.1) is 10.0 Å². The van der Waals surface area contributed by atoms with Crippen molar-refractivity contribution in [1.29, 1.82) is 0 Å². The summed E-state index contributed by atoms with van der Waals surface area (Å²) in [5.74, 6) is 0.940. The van der Waals surface area contributed by atoms with Crippen LogP contribution in [-0.4, -0.2) is 17.8 Å². The molecule has 2 aromatic rings. The maximum atomic E-state index is 5.87. The molecular formula is C17H21ClN2S. The van der Waals surface area contributed by atoms with Crippen molar-refractivity contribution in [2.75, 3.05) is 12.8 Å². The second-order valence-corrected chi connectivity index (χ2v) is 6.76. The third-order valence-electron chi connectivity index (χ3n) is 3.53. The van der Waals surface area contributed by atoms with E-state index >= 15 is 0 Å². The number of pyridine rings is 1. The molecule has 0 spiro atoms. The van der Waals surface area contributed by atoms with Crippen LogP contribution in [0.2, 0.25) is 5.02 Å². The van der Waals surface area contributed by atoms with Crippen LogP contribution in [-0.2, 0) is 0 Å². The molecule has 4 heteroatoms. The lowest BCUT2D eigenvalue weighted by Crippen LogP contribution is -2.21. The van der Waals surface area contributed by atoms with Crippen LogP contribution in [0, 0.1) is 20.8 Å². The topological polar surface area (TPSA) is 24.9 Å². The Morgan fingerprint density at radius 1 is 1.19 bits per heavy atom. The van der Waals surface area contributed by atoms with E-state index in [9.17, 15) is 0 Å². The first-order valence-electron chi connectivity index (χ1n) is 7.00. The lowest BCUT2D eigenvalue weighted by Gasteiger charge is -2.21. The van der Waals surface area contributed by atoms with Crippen molar-refractivity contribution in [2.24, 2.45) is 0 Å². The van der Waals surface area contributed by atoms with Crippen molar-refractivity contribution < 1.29 is 0 Å². The largest absolute Gasteiger partial charge is 0.312 e. The average Bonchev–Trinajstić information content (AvgIpc) is 2.43. The van der Waals surface area contributed by atoms with Crippen LogP contribution in [0.15, 0.2) is 35.5 Å². The highest BCUT2D eigenvalue weighted by atomic mass is 35.5. The first-order valence-corrected chi connectivity index (χ1v) is 8.37. The number of nitrogens with one attached hydrogen (secondary N) is 1. The van der Waals surface area contributed by atoms with Crippen LogP contribution >= 0.6 is 23.4 Å². The normalized spacial score (nSPS) is 12.4. The third kappa shape index (κ3) is 4.22. The molecule has 0 radical (unpaired) electrons. The first-order chi connectivity index (χ1) is 10.0. The van der Waals surface area contributed by atoms with Crippen molar-refractivity contribution in [2.45, 2.75) is 31.8 Å². The molecule has 2 rings (SSSR count). The molecule has 1 aromatic carbocycles. The van der Waals surface area contributed by atoms with E-state index in [1.807, 2.05) is 19.2 Å². The molecule has 112 valence electrons. The van der Waals surface area contributed by atoms with Crippen LogP contribution in [0.3, 0.4) is 0 Å². The van der Waals surface area contributed by atoms with E-state index < -0.39 is 0 Å². The van der Waals surface area contributed by atoms with Gasteiger partial charge in [0, 0.05) is 18.0 Å². The molecule has 1 heterocycles. The number of halogens is 1. The smallest absolute Gasteiger partial charge is 0.0961 e. The highest BCUT2D eigenvalue weighted by Gasteiger charge is 2.15. The van der Waals surface area contributed by atoms with Crippen molar-refractivity contribution >= 4 is 23.4 Å². The summed E-state index contributed by atoms with van der Waals surface area (Å²) in [5, 5.41) is 5.10. The number of aromatic nitrogens is 1. The summed E-state index contributed by atoms with van der Waals surface area (Å²) >= 11 is 7.62. The third-order valence-corrected chi connectivity index (χ3v) is 4.79. The molecule has 0 aliphatic heterocycles. The Morgan fingerprint density at radius 3 is 2.38 bits per heavy atom. The molecule has 0 amide bonds. The molecule has 0 bridgehead atoms. The summed E-state index contributed by atoms with van der Waals surface area (Å²) in [6.07, 6.45) is 1.70. The molecule has 0 saturated heterocycles. The molecule has 21 heavy (non-hydrogen) atoms. The summed E-state index contributed by atoms with van der Waals surface area (Å²) < 4.78 is 0. The van der Waals surface area contributed by atoms with Gasteiger partial charge in [-0.15, -0.1) is 11.8 Å². The van der Waals surface area contributed by atoms with Gasteiger partial charge >= 0.3 is 0 Å². The number of nitrogens with zero attached hydrogens (tertiary/aromatic N) is 1. The number of rotatable bonds is 5. The highest BCUT2D eigenvalue weighted by molar-refractivity contribution is 7.99. The summed E-state index contributed by atoms with van der Waals surface area (Å²) in [6.45, 7) is 6.51. The van der Waals surface area contributed by atoms with Gasteiger partial charge in [-0.3, -0.25) is 0 Å². The maximum absolute atomic E-state index is 5.87. The number of aryl methyl sites for hydroxylation is 3. The molecule has 0 aliphatic rings. The van der Waals surface area contributed by atoms with Gasteiger partial charge in [0.25, 0.3) is 0 Å². The van der Waals surface area contributed by atoms with E-state index in [1.54, 1.807) is 18.0 Å². The van der Waals surface area contributed by atoms with Gasteiger partial charge in [-0.1, -0.05) is 29.3 Å². The van der Waals surface area contributed by atoms with Crippen LogP contribution in [0.4, 0.5) is 0 Å². The molecule has 0 saturated carbocycles. The Labute approximate surface area is 136 Å². The number of benzene rings is 1. The fourth-order valence-corrected chi connectivity index (χ4v) is 3.74. The lowest BCUT2D eigenvalue weighted by molar-refractivity contribution is 0.653. The van der Waals surface area contributed by atoms with Crippen molar-refractivity contribution in [1.82, 2.24) is 10.3 Å². The van der Waals surface area contributed by atoms with E-state index in [4.69, 9.17) is 11.6 Å². The van der Waals surface area contributed by atoms with E-state index in [0.717, 1.165) is 10.8 Å². The van der Waals surface area contributed by atoms with Crippen LogP contribution in [0.5, 0.6) is 0 Å². The summed E-state index contributed by atoms with van der Waals surface area (Å²) in [6, 6.07) is 8.66. The van der Waals surface area contributed by atoms with E-state index in [-0.39, 0.29) is 0 Å². The minimum absolute atomic E-state index is 0.313. The predicted molar refractivity (Wildman–Crippen MR) is 92.4 cm³/mol. The van der Waals surface area contributed by atoms with Gasteiger partial charge in [-0.2, -0.15) is 0 Å². The Hall–Kier alpha value is -1.03. The molecule has 1 N–H and O–H groups in total. The maximum Gasteiger partial charge on any atom is 0.0961 e. The van der Waals surface area contributed by atoms with Crippen LogP contribution in [0.25, 0.3) is 0 Å². The fraction of sp³-hybridized carbons (Fsp3) is 0.353. The van der Waals surface area contributed by atoms with Gasteiger partial charge in [0.1, 0.15) is 0 Å². The Kier molecular flexibility index (Phi) is 5.68. The molecular weight excluding hydrogens is 300 g/mol. The molecule has 1 atom stereocenters. The van der Waals surface area contributed by atoms with Gasteiger partial charge in [-0.05, 0) is 56.6 Å². The molecule has 1 unspecified atom stereocenters. The zero-order chi connectivity index (χ0) is 15.4. The number of hydrogen-bond donors (Lipinski definition) is 1. The van der Waals surface area contributed by atoms with Crippen LogP contribution < -0.4 is 5.32 Å². The molecule has 0 aliphatic carbocycles. The summed E-state index contributed by atoms with van der Waals surface area (Å²) in [4.78, 5) is 4.34. The second-order valence-electron chi connectivity index (χ2n) is 5.28. The van der Waals surface area contributed by atoms with Crippen LogP contribution in [0.1, 0.15) is 28.3 Å². The minimum Gasteiger partial charge on any atom is -0.312 e. The predicted octanol–water partition coefficient (Wildman–Crippen LogP) is 4.71. The van der Waals surface area contributed by atoms with Crippen molar-refractivity contribution in [3.63, 3.8) is 0 Å². The highest BCUT2D eigenvalue weighted by Crippen LogP contribution is 2.28. The van der Waals surface area contributed by atoms with Gasteiger partial charge in [0.2, 0.25) is 0 Å². The average molecular weight is 321 g/mol. The van der Waals surface area contributed by atoms with Gasteiger partial charge in [0.15, 0.2) is 0 Å². The Bertz CT molecular complexity index is 588. The molecule has 0 fully saturated rings. The van der Waals surface area contributed by atoms with E-state index in [2.05, 4.69) is 43.2 Å². The summed E-state index contributed by atoms with van der Waals surface area (Å²) in [5.41, 5.74) is 5.40. The zero-order valence-electron chi connectivity index (χ0n) is 12.9. The lowest BCUT2D eigenvalue weighted by atomic mass is 9.95. The number of thioether (sulfide) groups is 1. The fourth-order valence-electron chi connectivity index (χ4n) is 2.67. The quantitative estimate of drug-likeness (QED) is 0.807.